The molecular formula is C12H18O4. The summed E-state index contributed by atoms with van der Waals surface area (Å²) in [5.41, 5.74) is -0.105. The van der Waals surface area contributed by atoms with Gasteiger partial charge in [-0.2, -0.15) is 0 Å². The van der Waals surface area contributed by atoms with Gasteiger partial charge in [0.25, 0.3) is 0 Å². The molecule has 0 fully saturated rings. The van der Waals surface area contributed by atoms with E-state index in [0.29, 0.717) is 6.42 Å². The highest BCUT2D eigenvalue weighted by molar-refractivity contribution is 5.66. The van der Waals surface area contributed by atoms with Crippen molar-refractivity contribution in [1.82, 2.24) is 0 Å². The summed E-state index contributed by atoms with van der Waals surface area (Å²) in [7, 11) is 0. The van der Waals surface area contributed by atoms with Gasteiger partial charge in [0.05, 0.1) is 11.9 Å². The molecule has 0 aliphatic rings. The standard InChI is InChI=1S/C12H18O4/c1-8-5-6-15-10(8)7-11(12(3,4)14)16-9(2)13/h5-6,11,14H,7H2,1-4H3. The van der Waals surface area contributed by atoms with Crippen molar-refractivity contribution in [3.8, 4) is 0 Å². The fourth-order valence-electron chi connectivity index (χ4n) is 1.42. The van der Waals surface area contributed by atoms with E-state index in [1.807, 2.05) is 13.0 Å². The molecule has 1 N–H and O–H groups in total. The van der Waals surface area contributed by atoms with Crippen molar-refractivity contribution in [2.45, 2.75) is 45.8 Å². The van der Waals surface area contributed by atoms with Crippen LogP contribution >= 0.6 is 0 Å². The molecule has 0 aliphatic heterocycles. The summed E-state index contributed by atoms with van der Waals surface area (Å²) in [4.78, 5) is 11.0. The lowest BCUT2D eigenvalue weighted by molar-refractivity contribution is -0.159. The van der Waals surface area contributed by atoms with Crippen molar-refractivity contribution in [3.05, 3.63) is 23.7 Å². The first-order valence-electron chi connectivity index (χ1n) is 5.23. The molecule has 1 rings (SSSR count). The second-order valence-electron chi connectivity index (χ2n) is 4.48. The molecule has 90 valence electrons. The SMILES string of the molecule is CC(=O)OC(Cc1occc1C)C(C)(C)O. The Kier molecular flexibility index (Phi) is 3.75. The summed E-state index contributed by atoms with van der Waals surface area (Å²) in [6.07, 6.45) is 1.36. The van der Waals surface area contributed by atoms with Gasteiger partial charge < -0.3 is 14.3 Å². The van der Waals surface area contributed by atoms with Gasteiger partial charge in [-0.05, 0) is 32.4 Å². The molecule has 0 bridgehead atoms. The highest BCUT2D eigenvalue weighted by Gasteiger charge is 2.31. The quantitative estimate of drug-likeness (QED) is 0.796. The first kappa shape index (κ1) is 12.8. The maximum atomic E-state index is 11.0. The van der Waals surface area contributed by atoms with E-state index in [4.69, 9.17) is 9.15 Å². The minimum atomic E-state index is -1.09. The molecule has 16 heavy (non-hydrogen) atoms. The summed E-state index contributed by atoms with van der Waals surface area (Å²) in [6, 6.07) is 1.84. The van der Waals surface area contributed by atoms with Gasteiger partial charge in [0.1, 0.15) is 11.9 Å². The highest BCUT2D eigenvalue weighted by Crippen LogP contribution is 2.20. The Bertz CT molecular complexity index is 359. The predicted octanol–water partition coefficient (Wildman–Crippen LogP) is 1.83. The number of hydrogen-bond donors (Lipinski definition) is 1. The van der Waals surface area contributed by atoms with Crippen LogP contribution in [0.1, 0.15) is 32.1 Å². The van der Waals surface area contributed by atoms with Gasteiger partial charge in [-0.3, -0.25) is 4.79 Å². The van der Waals surface area contributed by atoms with Crippen LogP contribution in [0.3, 0.4) is 0 Å². The molecule has 0 spiro atoms. The first-order chi connectivity index (χ1) is 7.30. The molecule has 0 amide bonds. The van der Waals surface area contributed by atoms with E-state index in [1.54, 1.807) is 20.1 Å². The van der Waals surface area contributed by atoms with E-state index >= 15 is 0 Å². The summed E-state index contributed by atoms with van der Waals surface area (Å²) in [6.45, 7) is 6.46. The van der Waals surface area contributed by atoms with Crippen LogP contribution in [0.25, 0.3) is 0 Å². The van der Waals surface area contributed by atoms with Crippen LogP contribution < -0.4 is 0 Å². The van der Waals surface area contributed by atoms with Crippen LogP contribution in [0, 0.1) is 6.92 Å². The molecule has 1 heterocycles. The molecule has 0 saturated carbocycles. The normalized spacial score (nSPS) is 13.6. The third-order valence-corrected chi connectivity index (χ3v) is 2.44. The number of hydrogen-bond acceptors (Lipinski definition) is 4. The molecule has 0 aromatic carbocycles. The van der Waals surface area contributed by atoms with E-state index in [0.717, 1.165) is 11.3 Å². The summed E-state index contributed by atoms with van der Waals surface area (Å²) >= 11 is 0. The zero-order chi connectivity index (χ0) is 12.3. The Hall–Kier alpha value is -1.29. The van der Waals surface area contributed by atoms with Gasteiger partial charge in [-0.25, -0.2) is 0 Å². The fraction of sp³-hybridized carbons (Fsp3) is 0.583. The maximum absolute atomic E-state index is 11.0. The van der Waals surface area contributed by atoms with Gasteiger partial charge in [0.15, 0.2) is 0 Å². The van der Waals surface area contributed by atoms with Crippen LogP contribution in [-0.2, 0) is 16.0 Å². The van der Waals surface area contributed by atoms with Gasteiger partial charge in [0.2, 0.25) is 0 Å². The number of rotatable bonds is 4. The van der Waals surface area contributed by atoms with Crippen molar-refractivity contribution in [2.75, 3.05) is 0 Å². The summed E-state index contributed by atoms with van der Waals surface area (Å²) < 4.78 is 10.4. The number of carbonyl (C=O) groups is 1. The van der Waals surface area contributed by atoms with Gasteiger partial charge in [-0.15, -0.1) is 0 Å². The molecule has 1 aromatic heterocycles. The Balaban J connectivity index is 2.79. The zero-order valence-corrected chi connectivity index (χ0v) is 10.1. The van der Waals surface area contributed by atoms with Crippen molar-refractivity contribution in [3.63, 3.8) is 0 Å². The lowest BCUT2D eigenvalue weighted by atomic mass is 9.97. The molecule has 1 atom stereocenters. The van der Waals surface area contributed by atoms with E-state index < -0.39 is 17.7 Å². The number of carbonyl (C=O) groups excluding carboxylic acids is 1. The number of furan rings is 1. The Morgan fingerprint density at radius 2 is 2.25 bits per heavy atom. The topological polar surface area (TPSA) is 59.7 Å². The van der Waals surface area contributed by atoms with Crippen LogP contribution in [0.4, 0.5) is 0 Å². The van der Waals surface area contributed by atoms with E-state index in [-0.39, 0.29) is 0 Å². The fourth-order valence-corrected chi connectivity index (χ4v) is 1.42. The lowest BCUT2D eigenvalue weighted by Gasteiger charge is -2.28. The largest absolute Gasteiger partial charge is 0.469 e. The molecule has 1 unspecified atom stereocenters. The summed E-state index contributed by atoms with van der Waals surface area (Å²) in [5.74, 6) is 0.324. The van der Waals surface area contributed by atoms with Crippen molar-refractivity contribution < 1.29 is 19.1 Å². The summed E-state index contributed by atoms with van der Waals surface area (Å²) in [5, 5.41) is 9.90. The second-order valence-corrected chi connectivity index (χ2v) is 4.48. The molecule has 0 radical (unpaired) electrons. The third-order valence-electron chi connectivity index (χ3n) is 2.44. The number of aliphatic hydroxyl groups is 1. The van der Waals surface area contributed by atoms with Gasteiger partial charge in [0, 0.05) is 13.3 Å². The van der Waals surface area contributed by atoms with Crippen molar-refractivity contribution in [2.24, 2.45) is 0 Å². The highest BCUT2D eigenvalue weighted by atomic mass is 16.6. The molecular weight excluding hydrogens is 208 g/mol. The second kappa shape index (κ2) is 4.70. The van der Waals surface area contributed by atoms with Gasteiger partial charge in [-0.1, -0.05) is 0 Å². The monoisotopic (exact) mass is 226 g/mol. The van der Waals surface area contributed by atoms with Gasteiger partial charge >= 0.3 is 5.97 Å². The minimum Gasteiger partial charge on any atom is -0.469 e. The molecule has 0 aliphatic carbocycles. The first-order valence-corrected chi connectivity index (χ1v) is 5.23. The molecule has 1 aromatic rings. The Labute approximate surface area is 95.2 Å². The van der Waals surface area contributed by atoms with Crippen LogP contribution in [-0.4, -0.2) is 22.8 Å². The van der Waals surface area contributed by atoms with Crippen LogP contribution in [0.15, 0.2) is 16.7 Å². The van der Waals surface area contributed by atoms with E-state index in [1.165, 1.54) is 6.92 Å². The number of esters is 1. The smallest absolute Gasteiger partial charge is 0.303 e. The number of ether oxygens (including phenoxy) is 1. The van der Waals surface area contributed by atoms with Crippen LogP contribution in [0.5, 0.6) is 0 Å². The van der Waals surface area contributed by atoms with Crippen LogP contribution in [0.2, 0.25) is 0 Å². The average Bonchev–Trinajstić information content (AvgIpc) is 2.48. The third kappa shape index (κ3) is 3.38. The molecule has 4 nitrogen and oxygen atoms in total. The zero-order valence-electron chi connectivity index (χ0n) is 10.1. The van der Waals surface area contributed by atoms with Crippen molar-refractivity contribution >= 4 is 5.97 Å². The van der Waals surface area contributed by atoms with Crippen molar-refractivity contribution in [1.29, 1.82) is 0 Å². The minimum absolute atomic E-state index is 0.377. The maximum Gasteiger partial charge on any atom is 0.303 e. The predicted molar refractivity (Wildman–Crippen MR) is 59.0 cm³/mol. The molecule has 0 saturated heterocycles. The van der Waals surface area contributed by atoms with E-state index in [9.17, 15) is 9.90 Å². The Morgan fingerprint density at radius 1 is 1.62 bits per heavy atom. The number of aryl methyl sites for hydroxylation is 1. The van der Waals surface area contributed by atoms with E-state index in [2.05, 4.69) is 0 Å². The lowest BCUT2D eigenvalue weighted by Crippen LogP contribution is -2.40. The molecule has 4 heteroatoms. The average molecular weight is 226 g/mol. The Morgan fingerprint density at radius 3 is 2.62 bits per heavy atom.